The maximum atomic E-state index is 13.1. The number of anilines is 1. The molecule has 0 radical (unpaired) electrons. The molecule has 1 aliphatic heterocycles. The van der Waals surface area contributed by atoms with E-state index in [-0.39, 0.29) is 40.8 Å². The molecule has 6 nitrogen and oxygen atoms in total. The molecule has 0 aliphatic carbocycles. The predicted octanol–water partition coefficient (Wildman–Crippen LogP) is 3.51. The topological polar surface area (TPSA) is 97.5 Å². The van der Waals surface area contributed by atoms with Gasteiger partial charge in [0.2, 0.25) is 10.0 Å². The minimum Gasteiger partial charge on any atom is -0.263 e. The number of hydrogen-bond donors (Lipinski definition) is 1. The number of fused-ring (bicyclic) bond motifs is 1. The van der Waals surface area contributed by atoms with Crippen molar-refractivity contribution in [1.29, 1.82) is 0 Å². The molecular formula is C17H14F6N2O4S2. The average molecular weight is 488 g/mol. The summed E-state index contributed by atoms with van der Waals surface area (Å²) in [7, 11) is -8.97. The van der Waals surface area contributed by atoms with Gasteiger partial charge in [0.05, 0.1) is 26.6 Å². The van der Waals surface area contributed by atoms with E-state index in [0.29, 0.717) is 4.31 Å². The van der Waals surface area contributed by atoms with Crippen LogP contribution in [-0.2, 0) is 38.8 Å². The Labute approximate surface area is 173 Å². The highest BCUT2D eigenvalue weighted by molar-refractivity contribution is 7.93. The molecule has 14 heteroatoms. The Morgan fingerprint density at radius 2 is 1.39 bits per heavy atom. The van der Waals surface area contributed by atoms with Crippen molar-refractivity contribution in [3.8, 4) is 0 Å². The van der Waals surface area contributed by atoms with Crippen molar-refractivity contribution in [1.82, 2.24) is 0 Å². The van der Waals surface area contributed by atoms with Crippen LogP contribution in [0.3, 0.4) is 0 Å². The number of primary sulfonamides is 1. The van der Waals surface area contributed by atoms with E-state index in [1.165, 1.54) is 6.92 Å². The van der Waals surface area contributed by atoms with E-state index in [2.05, 4.69) is 0 Å². The van der Waals surface area contributed by atoms with Crippen molar-refractivity contribution in [2.45, 2.75) is 41.5 Å². The van der Waals surface area contributed by atoms with E-state index in [4.69, 9.17) is 5.14 Å². The van der Waals surface area contributed by atoms with Crippen molar-refractivity contribution in [2.75, 3.05) is 4.31 Å². The van der Waals surface area contributed by atoms with Crippen LogP contribution in [0.4, 0.5) is 32.0 Å². The van der Waals surface area contributed by atoms with E-state index in [1.54, 1.807) is 0 Å². The molecule has 0 spiro atoms. The number of alkyl halides is 6. The Morgan fingerprint density at radius 1 is 0.871 bits per heavy atom. The number of benzene rings is 2. The van der Waals surface area contributed by atoms with Crippen LogP contribution in [-0.4, -0.2) is 22.9 Å². The molecular weight excluding hydrogens is 474 g/mol. The van der Waals surface area contributed by atoms with Gasteiger partial charge in [-0.25, -0.2) is 22.0 Å². The zero-order valence-electron chi connectivity index (χ0n) is 15.5. The molecule has 0 aromatic heterocycles. The van der Waals surface area contributed by atoms with Crippen LogP contribution < -0.4 is 9.44 Å². The molecule has 1 heterocycles. The standard InChI is InChI=1S/C17H14F6N2O4S2/c1-9-4-10-5-13(30(24,26)27)2-3-15(10)25(9)31(28,29)14-7-11(16(18,19)20)6-12(8-14)17(21,22)23/h2-3,5-9H,4H2,1H3,(H2,24,26,27). The van der Waals surface area contributed by atoms with Crippen molar-refractivity contribution in [3.05, 3.63) is 53.1 Å². The molecule has 1 atom stereocenters. The van der Waals surface area contributed by atoms with Gasteiger partial charge in [-0.1, -0.05) is 0 Å². The summed E-state index contributed by atoms with van der Waals surface area (Å²) in [6.45, 7) is 1.38. The summed E-state index contributed by atoms with van der Waals surface area (Å²) in [5.74, 6) is 0. The number of nitrogens with two attached hydrogens (primary N) is 1. The van der Waals surface area contributed by atoms with Gasteiger partial charge >= 0.3 is 12.4 Å². The summed E-state index contributed by atoms with van der Waals surface area (Å²) in [5, 5.41) is 5.04. The molecule has 170 valence electrons. The van der Waals surface area contributed by atoms with E-state index in [1.807, 2.05) is 0 Å². The maximum absolute atomic E-state index is 13.1. The summed E-state index contributed by atoms with van der Waals surface area (Å²) in [6.07, 6.45) is -10.5. The highest BCUT2D eigenvalue weighted by Gasteiger charge is 2.41. The van der Waals surface area contributed by atoms with Gasteiger partial charge in [-0.3, -0.25) is 4.31 Å². The normalized spacial score (nSPS) is 17.7. The molecule has 2 aromatic carbocycles. The lowest BCUT2D eigenvalue weighted by molar-refractivity contribution is -0.143. The van der Waals surface area contributed by atoms with Crippen LogP contribution in [0, 0.1) is 0 Å². The van der Waals surface area contributed by atoms with Crippen LogP contribution in [0.15, 0.2) is 46.2 Å². The minimum atomic E-state index is -5.22. The monoisotopic (exact) mass is 488 g/mol. The second-order valence-corrected chi connectivity index (χ2v) is 10.3. The van der Waals surface area contributed by atoms with Gasteiger partial charge in [-0.15, -0.1) is 0 Å². The quantitative estimate of drug-likeness (QED) is 0.669. The summed E-state index contributed by atoms with van der Waals surface area (Å²) in [5.41, 5.74) is -3.38. The molecule has 1 unspecified atom stereocenters. The average Bonchev–Trinajstić information content (AvgIpc) is 2.94. The summed E-state index contributed by atoms with van der Waals surface area (Å²) in [4.78, 5) is -1.50. The van der Waals surface area contributed by atoms with Crippen molar-refractivity contribution >= 4 is 25.7 Å². The third-order valence-electron chi connectivity index (χ3n) is 4.65. The van der Waals surface area contributed by atoms with Gasteiger partial charge in [-0.05, 0) is 55.3 Å². The van der Waals surface area contributed by atoms with Gasteiger partial charge in [0.25, 0.3) is 10.0 Å². The fraction of sp³-hybridized carbons (Fsp3) is 0.294. The molecule has 31 heavy (non-hydrogen) atoms. The summed E-state index contributed by atoms with van der Waals surface area (Å²) < 4.78 is 129. The Hall–Kier alpha value is -2.32. The molecule has 0 saturated carbocycles. The highest BCUT2D eigenvalue weighted by Crippen LogP contribution is 2.41. The van der Waals surface area contributed by atoms with E-state index >= 15 is 0 Å². The van der Waals surface area contributed by atoms with Crippen LogP contribution in [0.2, 0.25) is 0 Å². The highest BCUT2D eigenvalue weighted by atomic mass is 32.2. The SMILES string of the molecule is CC1Cc2cc(S(N)(=O)=O)ccc2N1S(=O)(=O)c1cc(C(F)(F)F)cc(C(F)(F)F)c1. The molecule has 0 amide bonds. The number of rotatable bonds is 3. The Morgan fingerprint density at radius 3 is 1.84 bits per heavy atom. The third kappa shape index (κ3) is 4.36. The first-order valence-corrected chi connectivity index (χ1v) is 11.4. The summed E-state index contributed by atoms with van der Waals surface area (Å²) >= 11 is 0. The van der Waals surface area contributed by atoms with Crippen LogP contribution >= 0.6 is 0 Å². The zero-order chi connectivity index (χ0) is 23.6. The first-order valence-electron chi connectivity index (χ1n) is 8.42. The van der Waals surface area contributed by atoms with Gasteiger partial charge in [0, 0.05) is 6.04 Å². The maximum Gasteiger partial charge on any atom is 0.416 e. The van der Waals surface area contributed by atoms with Gasteiger partial charge in [-0.2, -0.15) is 26.3 Å². The molecule has 2 aromatic rings. The van der Waals surface area contributed by atoms with E-state index in [9.17, 15) is 43.2 Å². The zero-order valence-corrected chi connectivity index (χ0v) is 17.1. The second kappa shape index (κ2) is 7.10. The smallest absolute Gasteiger partial charge is 0.263 e. The first kappa shape index (κ1) is 23.3. The molecule has 2 N–H and O–H groups in total. The molecule has 0 saturated heterocycles. The van der Waals surface area contributed by atoms with Gasteiger partial charge in [0.15, 0.2) is 0 Å². The predicted molar refractivity (Wildman–Crippen MR) is 97.1 cm³/mol. The number of hydrogen-bond acceptors (Lipinski definition) is 4. The number of nitrogens with zero attached hydrogens (tertiary/aromatic N) is 1. The van der Waals surface area contributed by atoms with Crippen LogP contribution in [0.25, 0.3) is 0 Å². The fourth-order valence-electron chi connectivity index (χ4n) is 3.31. The molecule has 3 rings (SSSR count). The molecule has 1 aliphatic rings. The van der Waals surface area contributed by atoms with Crippen molar-refractivity contribution in [2.24, 2.45) is 5.14 Å². The second-order valence-electron chi connectivity index (χ2n) is 6.93. The Bertz CT molecular complexity index is 1220. The summed E-state index contributed by atoms with van der Waals surface area (Å²) in [6, 6.07) is 2.40. The van der Waals surface area contributed by atoms with Gasteiger partial charge < -0.3 is 0 Å². The first-order chi connectivity index (χ1) is 13.9. The van der Waals surface area contributed by atoms with Crippen molar-refractivity contribution < 1.29 is 43.2 Å². The lowest BCUT2D eigenvalue weighted by Crippen LogP contribution is -2.36. The van der Waals surface area contributed by atoms with Gasteiger partial charge in [0.1, 0.15) is 0 Å². The lowest BCUT2D eigenvalue weighted by atomic mass is 10.1. The molecule has 0 bridgehead atoms. The Balaban J connectivity index is 2.19. The largest absolute Gasteiger partial charge is 0.416 e. The lowest BCUT2D eigenvalue weighted by Gasteiger charge is -2.25. The van der Waals surface area contributed by atoms with Crippen molar-refractivity contribution in [3.63, 3.8) is 0 Å². The van der Waals surface area contributed by atoms with Crippen LogP contribution in [0.1, 0.15) is 23.6 Å². The van der Waals surface area contributed by atoms with Crippen LogP contribution in [0.5, 0.6) is 0 Å². The van der Waals surface area contributed by atoms with E-state index < -0.39 is 54.5 Å². The number of halogens is 6. The third-order valence-corrected chi connectivity index (χ3v) is 7.47. The molecule has 0 fully saturated rings. The number of sulfonamides is 2. The minimum absolute atomic E-state index is 0.0248. The Kier molecular flexibility index (Phi) is 5.35. The fourth-order valence-corrected chi connectivity index (χ4v) is 5.64. The van der Waals surface area contributed by atoms with E-state index in [0.717, 1.165) is 18.2 Å².